The molecule has 14 N–H and O–H groups in total. The summed E-state index contributed by atoms with van der Waals surface area (Å²) in [6, 6.07) is 4.04. The monoisotopic (exact) mass is 1150 g/mol. The number of carboxylic acids is 3. The number of aliphatic hydroxyl groups is 1. The summed E-state index contributed by atoms with van der Waals surface area (Å²) in [6.07, 6.45) is 4.88. The zero-order chi connectivity index (χ0) is 60.6. The highest BCUT2D eigenvalue weighted by Gasteiger charge is 2.40. The molecule has 1 aliphatic carbocycles. The Hall–Kier alpha value is -8.26. The van der Waals surface area contributed by atoms with Crippen molar-refractivity contribution < 1.29 is 73.2 Å². The standard InChI is InChI=1S/C56H79N11O15/c1-6-38(55(80)67(5)32(4)48(73)65-43(29-68)53(78)62-41(26-36-28-58-30-59-36)52(77)64-42(56(81)82)24-31(2)3)60-51(76)40(25-33-16-10-7-11-17-33)63-54(79)47(46(34-18-12-8-13-19-34)35-20-14-9-15-21-35)66-50(75)39(22-23-44(69)70)61-49(74)37(57)27-45(71)72/h8-9,12-15,18-21,28,30-33,37-43,46-47,68H,6-7,10-11,16-17,22-27,29,57H2,1-5H3,(H,58,59)(H,60,76)(H,61,74)(H,62,78)(H,63,79)(H,64,77)(H,65,73)(H,66,75)(H,69,70)(H,71,72)(H,81,82)/t32-,37-,38-,39-,40-,41-,42-,43-,47-/m0/s1. The molecule has 3 aromatic rings. The molecule has 0 unspecified atom stereocenters. The van der Waals surface area contributed by atoms with Crippen LogP contribution in [-0.4, -0.2) is 168 Å². The van der Waals surface area contributed by atoms with Crippen LogP contribution in [0.4, 0.5) is 0 Å². The first kappa shape index (κ1) is 66.3. The number of hydrogen-bond donors (Lipinski definition) is 13. The van der Waals surface area contributed by atoms with Crippen molar-refractivity contribution >= 4 is 65.2 Å². The maximum Gasteiger partial charge on any atom is 0.326 e. The first-order chi connectivity index (χ1) is 38.9. The van der Waals surface area contributed by atoms with E-state index in [0.717, 1.165) is 24.2 Å². The van der Waals surface area contributed by atoms with E-state index in [-0.39, 0.29) is 37.5 Å². The van der Waals surface area contributed by atoms with Gasteiger partial charge in [-0.3, -0.25) is 47.9 Å². The Morgan fingerprint density at radius 3 is 1.70 bits per heavy atom. The van der Waals surface area contributed by atoms with Crippen molar-refractivity contribution in [3.63, 3.8) is 0 Å². The van der Waals surface area contributed by atoms with E-state index in [4.69, 9.17) is 5.73 Å². The number of carboxylic acid groups (broad SMARTS) is 3. The third kappa shape index (κ3) is 20.7. The van der Waals surface area contributed by atoms with Crippen LogP contribution in [0.25, 0.3) is 0 Å². The van der Waals surface area contributed by atoms with Crippen LogP contribution in [0.15, 0.2) is 73.2 Å². The van der Waals surface area contributed by atoms with Crippen molar-refractivity contribution in [2.75, 3.05) is 13.7 Å². The summed E-state index contributed by atoms with van der Waals surface area (Å²) in [7, 11) is 1.28. The Kier molecular flexibility index (Phi) is 26.5. The Bertz CT molecular complexity index is 2600. The van der Waals surface area contributed by atoms with E-state index in [2.05, 4.69) is 47.2 Å². The molecule has 0 spiro atoms. The number of nitrogens with one attached hydrogen (secondary N) is 8. The van der Waals surface area contributed by atoms with Gasteiger partial charge in [0.2, 0.25) is 47.3 Å². The Labute approximate surface area is 475 Å². The van der Waals surface area contributed by atoms with E-state index in [1.54, 1.807) is 81.4 Å². The number of aromatic nitrogens is 2. The van der Waals surface area contributed by atoms with E-state index in [9.17, 15) is 68.4 Å². The average Bonchev–Trinajstić information content (AvgIpc) is 4.11. The fourth-order valence-electron chi connectivity index (χ4n) is 9.57. The van der Waals surface area contributed by atoms with Crippen molar-refractivity contribution in [1.29, 1.82) is 0 Å². The molecule has 0 aliphatic heterocycles. The predicted molar refractivity (Wildman–Crippen MR) is 296 cm³/mol. The van der Waals surface area contributed by atoms with E-state index >= 15 is 4.79 Å². The molecular formula is C56H79N11O15. The zero-order valence-corrected chi connectivity index (χ0v) is 46.8. The molecule has 2 aromatic carbocycles. The van der Waals surface area contributed by atoms with Crippen LogP contribution in [0.1, 0.15) is 121 Å². The van der Waals surface area contributed by atoms with Gasteiger partial charge in [0.15, 0.2) is 0 Å². The lowest BCUT2D eigenvalue weighted by atomic mass is 9.83. The lowest BCUT2D eigenvalue weighted by molar-refractivity contribution is -0.143. The minimum Gasteiger partial charge on any atom is -0.481 e. The van der Waals surface area contributed by atoms with Gasteiger partial charge in [-0.2, -0.15) is 0 Å². The molecule has 1 fully saturated rings. The van der Waals surface area contributed by atoms with E-state index < -0.39 is 151 Å². The Morgan fingerprint density at radius 2 is 1.17 bits per heavy atom. The van der Waals surface area contributed by atoms with Crippen molar-refractivity contribution in [3.8, 4) is 0 Å². The maximum atomic E-state index is 15.2. The molecule has 0 saturated heterocycles. The van der Waals surface area contributed by atoms with Crippen LogP contribution in [0.5, 0.6) is 0 Å². The molecule has 26 heteroatoms. The first-order valence-electron chi connectivity index (χ1n) is 27.4. The molecule has 4 rings (SSSR count). The normalized spacial score (nSPS) is 15.8. The van der Waals surface area contributed by atoms with Gasteiger partial charge < -0.3 is 73.3 Å². The number of H-pyrrole nitrogens is 1. The number of hydrogen-bond acceptors (Lipinski definition) is 14. The summed E-state index contributed by atoms with van der Waals surface area (Å²) in [6.45, 7) is 5.52. The third-order valence-electron chi connectivity index (χ3n) is 14.2. The fraction of sp³-hybridized carbons (Fsp3) is 0.536. The fourth-order valence-corrected chi connectivity index (χ4v) is 9.57. The van der Waals surface area contributed by atoms with Gasteiger partial charge in [-0.1, -0.05) is 114 Å². The van der Waals surface area contributed by atoms with Crippen LogP contribution < -0.4 is 43.0 Å². The molecule has 1 aliphatic rings. The summed E-state index contributed by atoms with van der Waals surface area (Å²) < 4.78 is 0. The Morgan fingerprint density at radius 1 is 0.646 bits per heavy atom. The molecule has 1 aromatic heterocycles. The molecule has 8 amide bonds. The molecule has 82 heavy (non-hydrogen) atoms. The number of carbonyl (C=O) groups is 11. The molecule has 0 bridgehead atoms. The number of imidazole rings is 1. The molecule has 1 saturated carbocycles. The SMILES string of the molecule is CC[C@H](NC(=O)[C@H](CC1CCCCC1)NC(=O)[C@@H](NC(=O)[C@H](CCC(=O)O)NC(=O)[C@@H](N)CC(=O)O)C(c1ccccc1)c1ccccc1)C(=O)N(C)[C@@H](C)C(=O)N[C@@H](CO)C(=O)N[C@@H](Cc1cnc[nH]1)C(=O)N[C@@H](CC(C)C)C(=O)O. The van der Waals surface area contributed by atoms with Gasteiger partial charge in [0.05, 0.1) is 25.4 Å². The van der Waals surface area contributed by atoms with Crippen LogP contribution in [0, 0.1) is 11.8 Å². The molecule has 26 nitrogen and oxygen atoms in total. The summed E-state index contributed by atoms with van der Waals surface area (Å²) >= 11 is 0. The number of likely N-dealkylation sites (N-methyl/N-ethyl adjacent to an activating group) is 1. The second-order valence-corrected chi connectivity index (χ2v) is 21.0. The summed E-state index contributed by atoms with van der Waals surface area (Å²) in [5, 5.41) is 56.9. The number of amides is 8. The van der Waals surface area contributed by atoms with Gasteiger partial charge in [0.25, 0.3) is 0 Å². The molecule has 0 radical (unpaired) electrons. The van der Waals surface area contributed by atoms with Crippen molar-refractivity contribution in [1.82, 2.24) is 52.1 Å². The highest BCUT2D eigenvalue weighted by molar-refractivity contribution is 5.98. The number of rotatable bonds is 33. The lowest BCUT2D eigenvalue weighted by Gasteiger charge is -2.33. The summed E-state index contributed by atoms with van der Waals surface area (Å²) in [4.78, 5) is 155. The number of benzene rings is 2. The van der Waals surface area contributed by atoms with Gasteiger partial charge in [0, 0.05) is 37.7 Å². The number of nitrogens with two attached hydrogens (primary N) is 1. The molecule has 1 heterocycles. The van der Waals surface area contributed by atoms with Crippen molar-refractivity contribution in [2.45, 2.75) is 165 Å². The quantitative estimate of drug-likeness (QED) is 0.0387. The van der Waals surface area contributed by atoms with Gasteiger partial charge in [-0.05, 0) is 55.6 Å². The van der Waals surface area contributed by atoms with Gasteiger partial charge in [-0.15, -0.1) is 0 Å². The van der Waals surface area contributed by atoms with Crippen LogP contribution in [0.2, 0.25) is 0 Å². The van der Waals surface area contributed by atoms with Gasteiger partial charge in [-0.25, -0.2) is 9.78 Å². The zero-order valence-electron chi connectivity index (χ0n) is 46.8. The average molecular weight is 1150 g/mol. The molecule has 448 valence electrons. The topological polar surface area (TPSA) is 411 Å². The van der Waals surface area contributed by atoms with Crippen LogP contribution >= 0.6 is 0 Å². The predicted octanol–water partition coefficient (Wildman–Crippen LogP) is 0.195. The highest BCUT2D eigenvalue weighted by Crippen LogP contribution is 2.31. The third-order valence-corrected chi connectivity index (χ3v) is 14.2. The Balaban J connectivity index is 1.61. The smallest absolute Gasteiger partial charge is 0.326 e. The molecule has 9 atom stereocenters. The molecular weight excluding hydrogens is 1070 g/mol. The van der Waals surface area contributed by atoms with E-state index in [1.165, 1.54) is 26.5 Å². The van der Waals surface area contributed by atoms with Gasteiger partial charge >= 0.3 is 17.9 Å². The highest BCUT2D eigenvalue weighted by atomic mass is 16.4. The number of aliphatic hydroxyl groups excluding tert-OH is 1. The second-order valence-electron chi connectivity index (χ2n) is 21.0. The van der Waals surface area contributed by atoms with Crippen molar-refractivity contribution in [3.05, 3.63) is 90.0 Å². The maximum absolute atomic E-state index is 15.2. The van der Waals surface area contributed by atoms with E-state index in [0.29, 0.717) is 29.7 Å². The summed E-state index contributed by atoms with van der Waals surface area (Å²) in [5.74, 6) is -12.5. The van der Waals surface area contributed by atoms with Crippen LogP contribution in [0.3, 0.4) is 0 Å². The van der Waals surface area contributed by atoms with Gasteiger partial charge in [0.1, 0.15) is 48.3 Å². The largest absolute Gasteiger partial charge is 0.481 e. The number of carbonyl (C=O) groups excluding carboxylic acids is 8. The van der Waals surface area contributed by atoms with E-state index in [1.807, 2.05) is 0 Å². The van der Waals surface area contributed by atoms with Crippen molar-refractivity contribution in [2.24, 2.45) is 17.6 Å². The number of aromatic amines is 1. The minimum absolute atomic E-state index is 0.0168. The van der Waals surface area contributed by atoms with Crippen LogP contribution in [-0.2, 0) is 59.2 Å². The first-order valence-corrected chi connectivity index (χ1v) is 27.4. The second kappa shape index (κ2) is 32.9. The number of nitrogens with zero attached hydrogens (tertiary/aromatic N) is 2. The number of aliphatic carboxylic acids is 3. The minimum atomic E-state index is -1.67. The lowest BCUT2D eigenvalue weighted by Crippen LogP contribution is -2.61. The summed E-state index contributed by atoms with van der Waals surface area (Å²) in [5.41, 5.74) is 7.27.